The van der Waals surface area contributed by atoms with Gasteiger partial charge >= 0.3 is 0 Å². The van der Waals surface area contributed by atoms with E-state index in [0.717, 1.165) is 70.6 Å². The van der Waals surface area contributed by atoms with Crippen molar-refractivity contribution < 1.29 is 9.47 Å². The smallest absolute Gasteiger partial charge is 0.193 e. The first kappa shape index (κ1) is 20.8. The van der Waals surface area contributed by atoms with Crippen LogP contribution < -0.4 is 10.1 Å². The highest BCUT2D eigenvalue weighted by Crippen LogP contribution is 2.15. The quantitative estimate of drug-likeness (QED) is 0.403. The molecule has 0 saturated carbocycles. The molecule has 146 valence electrons. The molecule has 0 radical (unpaired) electrons. The van der Waals surface area contributed by atoms with Crippen LogP contribution in [0.5, 0.6) is 5.75 Å². The molecule has 0 unspecified atom stereocenters. The van der Waals surface area contributed by atoms with Crippen LogP contribution in [-0.2, 0) is 4.74 Å². The number of benzene rings is 1. The number of likely N-dealkylation sites (N-methyl/N-ethyl adjacent to an activating group) is 1. The minimum atomic E-state index is 0.594. The van der Waals surface area contributed by atoms with Crippen LogP contribution in [0.25, 0.3) is 0 Å². The summed E-state index contributed by atoms with van der Waals surface area (Å²) in [6, 6.07) is 7.43. The van der Waals surface area contributed by atoms with Gasteiger partial charge in [-0.05, 0) is 37.6 Å². The Kier molecular flexibility index (Phi) is 9.60. The van der Waals surface area contributed by atoms with Crippen LogP contribution in [-0.4, -0.2) is 81.9 Å². The summed E-state index contributed by atoms with van der Waals surface area (Å²) in [5.41, 5.74) is 0. The summed E-state index contributed by atoms with van der Waals surface area (Å²) in [7, 11) is 2.04. The van der Waals surface area contributed by atoms with E-state index in [1.54, 1.807) is 0 Å². The van der Waals surface area contributed by atoms with Gasteiger partial charge in [0.15, 0.2) is 5.96 Å². The fourth-order valence-corrected chi connectivity index (χ4v) is 2.84. The van der Waals surface area contributed by atoms with Crippen molar-refractivity contribution in [3.63, 3.8) is 0 Å². The Morgan fingerprint density at radius 2 is 2.04 bits per heavy atom. The van der Waals surface area contributed by atoms with E-state index in [4.69, 9.17) is 26.1 Å². The van der Waals surface area contributed by atoms with E-state index < -0.39 is 0 Å². The SMILES string of the molecule is CCNC(=NCCCN1CCOCC1)N(C)CCOc1ccc(Cl)cc1. The van der Waals surface area contributed by atoms with Crippen LogP contribution in [0.1, 0.15) is 13.3 Å². The predicted octanol–water partition coefficient (Wildman–Crippen LogP) is 2.34. The van der Waals surface area contributed by atoms with Crippen LogP contribution in [0, 0.1) is 0 Å². The Hall–Kier alpha value is -1.50. The van der Waals surface area contributed by atoms with Gasteiger partial charge in [0.1, 0.15) is 12.4 Å². The average molecular weight is 383 g/mol. The molecule has 1 heterocycles. The zero-order chi connectivity index (χ0) is 18.6. The molecule has 0 atom stereocenters. The number of hydrogen-bond acceptors (Lipinski definition) is 4. The predicted molar refractivity (Wildman–Crippen MR) is 107 cm³/mol. The lowest BCUT2D eigenvalue weighted by molar-refractivity contribution is 0.0377. The first-order valence-corrected chi connectivity index (χ1v) is 9.74. The third-order valence-corrected chi connectivity index (χ3v) is 4.46. The van der Waals surface area contributed by atoms with E-state index in [1.165, 1.54) is 0 Å². The lowest BCUT2D eigenvalue weighted by Crippen LogP contribution is -2.41. The van der Waals surface area contributed by atoms with E-state index in [1.807, 2.05) is 31.3 Å². The number of hydrogen-bond donors (Lipinski definition) is 1. The number of halogens is 1. The summed E-state index contributed by atoms with van der Waals surface area (Å²) in [6.07, 6.45) is 1.06. The van der Waals surface area contributed by atoms with E-state index in [2.05, 4.69) is 22.0 Å². The summed E-state index contributed by atoms with van der Waals surface area (Å²) >= 11 is 5.89. The Bertz CT molecular complexity index is 533. The largest absolute Gasteiger partial charge is 0.492 e. The lowest BCUT2D eigenvalue weighted by atomic mass is 10.3. The van der Waals surface area contributed by atoms with E-state index in [0.29, 0.717) is 11.6 Å². The summed E-state index contributed by atoms with van der Waals surface area (Å²) in [4.78, 5) is 9.28. The molecule has 26 heavy (non-hydrogen) atoms. The monoisotopic (exact) mass is 382 g/mol. The molecule has 1 N–H and O–H groups in total. The minimum absolute atomic E-state index is 0.594. The van der Waals surface area contributed by atoms with E-state index in [9.17, 15) is 0 Å². The molecule has 1 aliphatic heterocycles. The van der Waals surface area contributed by atoms with Gasteiger partial charge < -0.3 is 19.7 Å². The van der Waals surface area contributed by atoms with E-state index in [-0.39, 0.29) is 0 Å². The second-order valence-corrected chi connectivity index (χ2v) is 6.70. The first-order chi connectivity index (χ1) is 12.7. The van der Waals surface area contributed by atoms with Gasteiger partial charge in [-0.25, -0.2) is 0 Å². The molecular weight excluding hydrogens is 352 g/mol. The number of morpholine rings is 1. The lowest BCUT2D eigenvalue weighted by Gasteiger charge is -2.26. The van der Waals surface area contributed by atoms with Crippen molar-refractivity contribution in [2.45, 2.75) is 13.3 Å². The Balaban J connectivity index is 1.70. The first-order valence-electron chi connectivity index (χ1n) is 9.37. The number of guanidine groups is 1. The van der Waals surface area contributed by atoms with Crippen LogP contribution in [0.4, 0.5) is 0 Å². The third kappa shape index (κ3) is 7.81. The van der Waals surface area contributed by atoms with Gasteiger partial charge in [0, 0.05) is 44.8 Å². The average Bonchev–Trinajstić information content (AvgIpc) is 2.66. The standard InChI is InChI=1S/C19H31ClN4O2/c1-3-21-19(22-9-4-10-24-12-14-25-15-13-24)23(2)11-16-26-18-7-5-17(20)6-8-18/h5-8H,3-4,9-16H2,1-2H3,(H,21,22). The molecule has 1 saturated heterocycles. The van der Waals surface area contributed by atoms with Gasteiger partial charge in [0.05, 0.1) is 19.8 Å². The molecule has 0 spiro atoms. The number of nitrogens with one attached hydrogen (secondary N) is 1. The summed E-state index contributed by atoms with van der Waals surface area (Å²) in [5.74, 6) is 1.75. The summed E-state index contributed by atoms with van der Waals surface area (Å²) in [5, 5.41) is 4.06. The maximum atomic E-state index is 5.89. The van der Waals surface area contributed by atoms with Gasteiger partial charge in [-0.2, -0.15) is 0 Å². The van der Waals surface area contributed by atoms with Gasteiger partial charge in [-0.3, -0.25) is 9.89 Å². The molecule has 0 bridgehead atoms. The Morgan fingerprint density at radius 3 is 2.73 bits per heavy atom. The highest BCUT2D eigenvalue weighted by Gasteiger charge is 2.10. The Morgan fingerprint density at radius 1 is 1.31 bits per heavy atom. The zero-order valence-electron chi connectivity index (χ0n) is 15.9. The van der Waals surface area contributed by atoms with Crippen LogP contribution in [0.3, 0.4) is 0 Å². The number of ether oxygens (including phenoxy) is 2. The topological polar surface area (TPSA) is 49.3 Å². The molecule has 2 rings (SSSR count). The van der Waals surface area contributed by atoms with E-state index >= 15 is 0 Å². The maximum absolute atomic E-state index is 5.89. The normalized spacial score (nSPS) is 15.7. The molecular formula is C19H31ClN4O2. The van der Waals surface area contributed by atoms with Crippen molar-refractivity contribution in [3.8, 4) is 5.75 Å². The molecule has 1 aliphatic rings. The highest BCUT2D eigenvalue weighted by molar-refractivity contribution is 6.30. The van der Waals surface area contributed by atoms with Crippen molar-refractivity contribution in [1.82, 2.24) is 15.1 Å². The summed E-state index contributed by atoms with van der Waals surface area (Å²) < 4.78 is 11.1. The van der Waals surface area contributed by atoms with Gasteiger partial charge in [0.25, 0.3) is 0 Å². The van der Waals surface area contributed by atoms with Gasteiger partial charge in [0.2, 0.25) is 0 Å². The maximum Gasteiger partial charge on any atom is 0.193 e. The number of nitrogens with zero attached hydrogens (tertiary/aromatic N) is 3. The second-order valence-electron chi connectivity index (χ2n) is 6.27. The van der Waals surface area contributed by atoms with Gasteiger partial charge in [-0.1, -0.05) is 11.6 Å². The molecule has 0 amide bonds. The molecule has 1 aromatic carbocycles. The van der Waals surface area contributed by atoms with Crippen molar-refractivity contribution in [1.29, 1.82) is 0 Å². The summed E-state index contributed by atoms with van der Waals surface area (Å²) in [6.45, 7) is 9.96. The molecule has 1 fully saturated rings. The van der Waals surface area contributed by atoms with Crippen molar-refractivity contribution in [3.05, 3.63) is 29.3 Å². The molecule has 6 nitrogen and oxygen atoms in total. The van der Waals surface area contributed by atoms with Crippen molar-refractivity contribution in [2.24, 2.45) is 4.99 Å². The minimum Gasteiger partial charge on any atom is -0.492 e. The van der Waals surface area contributed by atoms with Crippen LogP contribution in [0.2, 0.25) is 5.02 Å². The fourth-order valence-electron chi connectivity index (χ4n) is 2.71. The molecule has 0 aliphatic carbocycles. The third-order valence-electron chi connectivity index (χ3n) is 4.20. The van der Waals surface area contributed by atoms with Crippen molar-refractivity contribution in [2.75, 3.05) is 66.1 Å². The molecule has 7 heteroatoms. The zero-order valence-corrected chi connectivity index (χ0v) is 16.7. The van der Waals surface area contributed by atoms with Crippen LogP contribution >= 0.6 is 11.6 Å². The van der Waals surface area contributed by atoms with Crippen LogP contribution in [0.15, 0.2) is 29.3 Å². The molecule has 1 aromatic rings. The Labute approximate surface area is 162 Å². The highest BCUT2D eigenvalue weighted by atomic mass is 35.5. The number of aliphatic imine (C=N–C) groups is 1. The molecule has 0 aromatic heterocycles. The second kappa shape index (κ2) is 12.0. The van der Waals surface area contributed by atoms with Crippen molar-refractivity contribution >= 4 is 17.6 Å². The number of rotatable bonds is 9. The fraction of sp³-hybridized carbons (Fsp3) is 0.632. The van der Waals surface area contributed by atoms with Gasteiger partial charge in [-0.15, -0.1) is 0 Å².